The van der Waals surface area contributed by atoms with E-state index in [9.17, 15) is 23.3 Å². The molecule has 1 aromatic carbocycles. The van der Waals surface area contributed by atoms with Crippen molar-refractivity contribution in [1.29, 1.82) is 0 Å². The highest BCUT2D eigenvalue weighted by atomic mass is 32.2. The lowest BCUT2D eigenvalue weighted by Gasteiger charge is -2.17. The van der Waals surface area contributed by atoms with Crippen LogP contribution in [0.4, 0.5) is 11.4 Å². The average Bonchev–Trinajstić information content (AvgIpc) is 2.66. The van der Waals surface area contributed by atoms with Crippen molar-refractivity contribution < 1.29 is 18.1 Å². The van der Waals surface area contributed by atoms with E-state index in [-0.39, 0.29) is 36.0 Å². The van der Waals surface area contributed by atoms with Gasteiger partial charge in [0.1, 0.15) is 5.69 Å². The van der Waals surface area contributed by atoms with Gasteiger partial charge in [-0.2, -0.15) is 0 Å². The van der Waals surface area contributed by atoms with Crippen molar-refractivity contribution in [3.05, 3.63) is 33.9 Å². The van der Waals surface area contributed by atoms with E-state index in [0.717, 1.165) is 5.56 Å². The van der Waals surface area contributed by atoms with Gasteiger partial charge in [0.15, 0.2) is 0 Å². The largest absolute Gasteiger partial charge is 0.306 e. The topological polar surface area (TPSA) is 124 Å². The fraction of sp³-hybridized carbons (Fsp3) is 0.417. The molecule has 21 heavy (non-hydrogen) atoms. The van der Waals surface area contributed by atoms with Crippen LogP contribution in [0.5, 0.6) is 0 Å². The van der Waals surface area contributed by atoms with Crippen LogP contribution in [0.1, 0.15) is 12.0 Å². The Morgan fingerprint density at radius 3 is 2.71 bits per heavy atom. The van der Waals surface area contributed by atoms with Gasteiger partial charge in [0.05, 0.1) is 10.7 Å². The fourth-order valence-corrected chi connectivity index (χ4v) is 3.34. The number of sulfonamides is 1. The molecular formula is C12H15N3O5S. The van der Waals surface area contributed by atoms with Crippen LogP contribution >= 0.6 is 0 Å². The first-order valence-corrected chi connectivity index (χ1v) is 7.95. The van der Waals surface area contributed by atoms with Gasteiger partial charge in [-0.1, -0.05) is 6.07 Å². The van der Waals surface area contributed by atoms with Crippen LogP contribution in [-0.2, 0) is 14.8 Å². The Kier molecular flexibility index (Phi) is 3.97. The van der Waals surface area contributed by atoms with Gasteiger partial charge in [-0.05, 0) is 18.6 Å². The number of nitro benzene ring substituents is 1. The van der Waals surface area contributed by atoms with Gasteiger partial charge < -0.3 is 4.90 Å². The summed E-state index contributed by atoms with van der Waals surface area (Å²) in [5.41, 5.74) is 0.797. The molecule has 0 radical (unpaired) electrons. The molecule has 1 aliphatic heterocycles. The van der Waals surface area contributed by atoms with Gasteiger partial charge >= 0.3 is 0 Å². The van der Waals surface area contributed by atoms with Crippen molar-refractivity contribution in [2.24, 2.45) is 11.1 Å². The first-order valence-electron chi connectivity index (χ1n) is 6.23. The van der Waals surface area contributed by atoms with Gasteiger partial charge in [0.25, 0.3) is 5.69 Å². The second-order valence-electron chi connectivity index (χ2n) is 5.15. The third kappa shape index (κ3) is 3.56. The zero-order chi connectivity index (χ0) is 15.8. The van der Waals surface area contributed by atoms with Crippen LogP contribution in [0.2, 0.25) is 0 Å². The normalized spacial score (nSPS) is 19.0. The molecule has 0 bridgehead atoms. The molecular weight excluding hydrogens is 298 g/mol. The van der Waals surface area contributed by atoms with Crippen LogP contribution in [0, 0.1) is 23.0 Å². The number of aryl methyl sites for hydroxylation is 1. The Hall–Kier alpha value is -2.00. The molecule has 0 spiro atoms. The lowest BCUT2D eigenvalue weighted by molar-refractivity contribution is -0.384. The minimum absolute atomic E-state index is 0.0154. The highest BCUT2D eigenvalue weighted by molar-refractivity contribution is 7.89. The summed E-state index contributed by atoms with van der Waals surface area (Å²) in [5, 5.41) is 16.0. The monoisotopic (exact) mass is 313 g/mol. The van der Waals surface area contributed by atoms with E-state index in [2.05, 4.69) is 0 Å². The summed E-state index contributed by atoms with van der Waals surface area (Å²) in [6.07, 6.45) is 0.0154. The summed E-state index contributed by atoms with van der Waals surface area (Å²) in [6, 6.07) is 4.48. The SMILES string of the molecule is Cc1ccc([N+](=O)[O-])c(N2CC(CS(N)(=O)=O)CC2=O)c1. The second kappa shape index (κ2) is 5.41. The van der Waals surface area contributed by atoms with Gasteiger partial charge in [-0.3, -0.25) is 14.9 Å². The summed E-state index contributed by atoms with van der Waals surface area (Å²) < 4.78 is 22.2. The molecule has 8 nitrogen and oxygen atoms in total. The number of nitrogens with zero attached hydrogens (tertiary/aromatic N) is 2. The van der Waals surface area contributed by atoms with Gasteiger partial charge in [-0.15, -0.1) is 0 Å². The summed E-state index contributed by atoms with van der Waals surface area (Å²) in [7, 11) is -3.68. The van der Waals surface area contributed by atoms with E-state index in [1.807, 2.05) is 0 Å². The molecule has 1 fully saturated rings. The van der Waals surface area contributed by atoms with E-state index in [1.54, 1.807) is 19.1 Å². The average molecular weight is 313 g/mol. The van der Waals surface area contributed by atoms with Crippen molar-refractivity contribution in [2.75, 3.05) is 17.2 Å². The molecule has 114 valence electrons. The fourth-order valence-electron chi connectivity index (χ4n) is 2.46. The summed E-state index contributed by atoms with van der Waals surface area (Å²) >= 11 is 0. The molecule has 0 saturated carbocycles. The third-order valence-electron chi connectivity index (χ3n) is 3.29. The molecule has 1 aromatic rings. The predicted molar refractivity (Wildman–Crippen MR) is 76.3 cm³/mol. The van der Waals surface area contributed by atoms with E-state index in [4.69, 9.17) is 5.14 Å². The van der Waals surface area contributed by atoms with Gasteiger partial charge in [0, 0.05) is 24.9 Å². The number of hydrogen-bond donors (Lipinski definition) is 1. The molecule has 9 heteroatoms. The smallest absolute Gasteiger partial charge is 0.292 e. The van der Waals surface area contributed by atoms with Crippen LogP contribution in [0.3, 0.4) is 0 Å². The van der Waals surface area contributed by atoms with Crippen LogP contribution in [0.25, 0.3) is 0 Å². The van der Waals surface area contributed by atoms with Crippen LogP contribution in [-0.4, -0.2) is 31.5 Å². The summed E-state index contributed by atoms with van der Waals surface area (Å²) in [4.78, 5) is 23.8. The molecule has 1 heterocycles. The summed E-state index contributed by atoms with van der Waals surface area (Å²) in [6.45, 7) is 1.87. The number of carbonyl (C=O) groups is 1. The number of rotatable bonds is 4. The zero-order valence-electron chi connectivity index (χ0n) is 11.4. The van der Waals surface area contributed by atoms with Crippen LogP contribution in [0.15, 0.2) is 18.2 Å². The number of nitro groups is 1. The Morgan fingerprint density at radius 1 is 1.48 bits per heavy atom. The van der Waals surface area contributed by atoms with Gasteiger partial charge in [0.2, 0.25) is 15.9 Å². The highest BCUT2D eigenvalue weighted by Gasteiger charge is 2.35. The van der Waals surface area contributed by atoms with E-state index in [0.29, 0.717) is 0 Å². The van der Waals surface area contributed by atoms with Crippen molar-refractivity contribution >= 4 is 27.3 Å². The summed E-state index contributed by atoms with van der Waals surface area (Å²) in [5.74, 6) is -1.10. The molecule has 1 unspecified atom stereocenters. The minimum atomic E-state index is -3.68. The molecule has 0 aliphatic carbocycles. The maximum Gasteiger partial charge on any atom is 0.292 e. The molecule has 1 saturated heterocycles. The maximum atomic E-state index is 12.0. The van der Waals surface area contributed by atoms with E-state index < -0.39 is 20.9 Å². The Balaban J connectivity index is 2.33. The van der Waals surface area contributed by atoms with E-state index in [1.165, 1.54) is 11.0 Å². The lowest BCUT2D eigenvalue weighted by atomic mass is 10.1. The number of primary sulfonamides is 1. The Morgan fingerprint density at radius 2 is 2.14 bits per heavy atom. The Labute approximate surface area is 121 Å². The first-order chi connectivity index (χ1) is 9.67. The molecule has 0 aromatic heterocycles. The second-order valence-corrected chi connectivity index (χ2v) is 6.81. The highest BCUT2D eigenvalue weighted by Crippen LogP contribution is 2.33. The quantitative estimate of drug-likeness (QED) is 0.642. The molecule has 1 atom stereocenters. The van der Waals surface area contributed by atoms with Gasteiger partial charge in [-0.25, -0.2) is 13.6 Å². The number of carbonyl (C=O) groups excluding carboxylic acids is 1. The van der Waals surface area contributed by atoms with Crippen molar-refractivity contribution in [2.45, 2.75) is 13.3 Å². The first kappa shape index (κ1) is 15.4. The number of anilines is 1. The molecule has 1 amide bonds. The maximum absolute atomic E-state index is 12.0. The van der Waals surface area contributed by atoms with Crippen molar-refractivity contribution in [3.8, 4) is 0 Å². The number of benzene rings is 1. The van der Waals surface area contributed by atoms with Crippen molar-refractivity contribution in [3.63, 3.8) is 0 Å². The predicted octanol–water partition coefficient (Wildman–Crippen LogP) is 0.545. The molecule has 1 aliphatic rings. The zero-order valence-corrected chi connectivity index (χ0v) is 12.2. The number of hydrogen-bond acceptors (Lipinski definition) is 5. The van der Waals surface area contributed by atoms with Crippen LogP contribution < -0.4 is 10.0 Å². The number of nitrogens with two attached hydrogens (primary N) is 1. The van der Waals surface area contributed by atoms with Crippen molar-refractivity contribution in [1.82, 2.24) is 0 Å². The van der Waals surface area contributed by atoms with E-state index >= 15 is 0 Å². The molecule has 2 N–H and O–H groups in total. The third-order valence-corrected chi connectivity index (χ3v) is 4.23. The Bertz CT molecular complexity index is 701. The standard InChI is InChI=1S/C12H15N3O5S/c1-8-2-3-10(15(17)18)11(4-8)14-6-9(5-12(14)16)7-21(13,19)20/h2-4,9H,5-7H2,1H3,(H2,13,19,20). The molecule has 2 rings (SSSR count). The lowest BCUT2D eigenvalue weighted by Crippen LogP contribution is -2.28. The minimum Gasteiger partial charge on any atom is -0.306 e. The number of amides is 1.